The summed E-state index contributed by atoms with van der Waals surface area (Å²) in [4.78, 5) is 18.7. The van der Waals surface area contributed by atoms with Gasteiger partial charge in [0.2, 0.25) is 0 Å². The van der Waals surface area contributed by atoms with E-state index in [4.69, 9.17) is 0 Å². The van der Waals surface area contributed by atoms with Gasteiger partial charge in [-0.05, 0) is 11.1 Å². The SMILES string of the molecule is O=C(c1cscn1)N(Cc1ccccc1)Cc1ccccc1. The van der Waals surface area contributed by atoms with Crippen LogP contribution in [-0.4, -0.2) is 15.8 Å². The average molecular weight is 308 g/mol. The zero-order valence-corrected chi connectivity index (χ0v) is 12.9. The van der Waals surface area contributed by atoms with E-state index < -0.39 is 0 Å². The summed E-state index contributed by atoms with van der Waals surface area (Å²) in [5.41, 5.74) is 4.43. The van der Waals surface area contributed by atoms with Gasteiger partial charge in [0.1, 0.15) is 5.69 Å². The summed E-state index contributed by atoms with van der Waals surface area (Å²) in [5.74, 6) is -0.0334. The molecule has 0 spiro atoms. The minimum atomic E-state index is -0.0334. The Labute approximate surface area is 133 Å². The van der Waals surface area contributed by atoms with Crippen LogP contribution in [0.4, 0.5) is 0 Å². The topological polar surface area (TPSA) is 33.2 Å². The molecule has 3 aromatic rings. The highest BCUT2D eigenvalue weighted by Gasteiger charge is 2.18. The summed E-state index contributed by atoms with van der Waals surface area (Å²) >= 11 is 1.44. The van der Waals surface area contributed by atoms with Gasteiger partial charge in [-0.25, -0.2) is 4.98 Å². The van der Waals surface area contributed by atoms with Crippen LogP contribution >= 0.6 is 11.3 Å². The summed E-state index contributed by atoms with van der Waals surface area (Å²) in [7, 11) is 0. The molecule has 0 unspecified atom stereocenters. The van der Waals surface area contributed by atoms with Gasteiger partial charge in [0.05, 0.1) is 5.51 Å². The molecule has 1 aromatic heterocycles. The molecule has 0 saturated carbocycles. The van der Waals surface area contributed by atoms with Gasteiger partial charge in [0, 0.05) is 18.5 Å². The first-order valence-electron chi connectivity index (χ1n) is 7.08. The van der Waals surface area contributed by atoms with Crippen molar-refractivity contribution in [2.24, 2.45) is 0 Å². The Bertz CT molecular complexity index is 670. The number of nitrogens with zero attached hydrogens (tertiary/aromatic N) is 2. The molecule has 0 saturated heterocycles. The predicted octanol–water partition coefficient (Wildman–Crippen LogP) is 3.99. The lowest BCUT2D eigenvalue weighted by Crippen LogP contribution is -2.30. The van der Waals surface area contributed by atoms with Crippen LogP contribution in [0.15, 0.2) is 71.6 Å². The van der Waals surface area contributed by atoms with Crippen molar-refractivity contribution in [1.82, 2.24) is 9.88 Å². The van der Waals surface area contributed by atoms with E-state index >= 15 is 0 Å². The zero-order valence-electron chi connectivity index (χ0n) is 12.1. The predicted molar refractivity (Wildman–Crippen MR) is 88.6 cm³/mol. The molecule has 2 aromatic carbocycles. The standard InChI is InChI=1S/C18H16N2OS/c21-18(17-13-22-14-19-17)20(11-15-7-3-1-4-8-15)12-16-9-5-2-6-10-16/h1-10,13-14H,11-12H2. The van der Waals surface area contributed by atoms with Crippen LogP contribution in [0.25, 0.3) is 0 Å². The molecule has 22 heavy (non-hydrogen) atoms. The van der Waals surface area contributed by atoms with Gasteiger partial charge in [-0.15, -0.1) is 11.3 Å². The van der Waals surface area contributed by atoms with E-state index in [0.717, 1.165) is 11.1 Å². The number of hydrogen-bond acceptors (Lipinski definition) is 3. The molecule has 0 bridgehead atoms. The molecule has 0 N–H and O–H groups in total. The third-order valence-corrected chi connectivity index (χ3v) is 3.96. The van der Waals surface area contributed by atoms with Gasteiger partial charge in [0.15, 0.2) is 0 Å². The van der Waals surface area contributed by atoms with E-state index in [2.05, 4.69) is 4.98 Å². The van der Waals surface area contributed by atoms with Gasteiger partial charge in [-0.3, -0.25) is 4.79 Å². The Morgan fingerprint density at radius 3 is 1.91 bits per heavy atom. The van der Waals surface area contributed by atoms with Crippen molar-refractivity contribution >= 4 is 17.2 Å². The third kappa shape index (κ3) is 3.59. The van der Waals surface area contributed by atoms with Gasteiger partial charge in [-0.1, -0.05) is 60.7 Å². The van der Waals surface area contributed by atoms with Gasteiger partial charge >= 0.3 is 0 Å². The Morgan fingerprint density at radius 2 is 1.45 bits per heavy atom. The minimum absolute atomic E-state index is 0.0334. The van der Waals surface area contributed by atoms with Crippen molar-refractivity contribution in [3.05, 3.63) is 88.4 Å². The second kappa shape index (κ2) is 7.00. The molecular formula is C18H16N2OS. The first-order chi connectivity index (χ1) is 10.8. The van der Waals surface area contributed by atoms with E-state index in [1.807, 2.05) is 65.6 Å². The summed E-state index contributed by atoms with van der Waals surface area (Å²) in [6.07, 6.45) is 0. The Balaban J connectivity index is 1.83. The molecule has 1 heterocycles. The molecule has 0 fully saturated rings. The molecule has 4 heteroatoms. The number of carbonyl (C=O) groups excluding carboxylic acids is 1. The van der Waals surface area contributed by atoms with Crippen LogP contribution < -0.4 is 0 Å². The molecule has 110 valence electrons. The fraction of sp³-hybridized carbons (Fsp3) is 0.111. The minimum Gasteiger partial charge on any atom is -0.329 e. The van der Waals surface area contributed by atoms with E-state index in [1.54, 1.807) is 10.9 Å². The van der Waals surface area contributed by atoms with Crippen molar-refractivity contribution in [3.8, 4) is 0 Å². The first-order valence-corrected chi connectivity index (χ1v) is 8.02. The lowest BCUT2D eigenvalue weighted by Gasteiger charge is -2.22. The van der Waals surface area contributed by atoms with E-state index in [-0.39, 0.29) is 5.91 Å². The number of carbonyl (C=O) groups is 1. The molecule has 3 nitrogen and oxygen atoms in total. The van der Waals surface area contributed by atoms with Crippen molar-refractivity contribution in [1.29, 1.82) is 0 Å². The average Bonchev–Trinajstić information content (AvgIpc) is 3.10. The normalized spacial score (nSPS) is 10.4. The highest BCUT2D eigenvalue weighted by molar-refractivity contribution is 7.07. The first kappa shape index (κ1) is 14.5. The molecule has 3 rings (SSSR count). The van der Waals surface area contributed by atoms with Crippen LogP contribution in [0.1, 0.15) is 21.6 Å². The van der Waals surface area contributed by atoms with E-state index in [9.17, 15) is 4.79 Å². The fourth-order valence-electron chi connectivity index (χ4n) is 2.29. The van der Waals surface area contributed by atoms with Gasteiger partial charge in [-0.2, -0.15) is 0 Å². The summed E-state index contributed by atoms with van der Waals surface area (Å²) in [5, 5.41) is 1.80. The maximum Gasteiger partial charge on any atom is 0.273 e. The van der Waals surface area contributed by atoms with E-state index in [0.29, 0.717) is 18.8 Å². The third-order valence-electron chi connectivity index (χ3n) is 3.37. The maximum absolute atomic E-state index is 12.7. The fourth-order valence-corrected chi connectivity index (χ4v) is 2.81. The van der Waals surface area contributed by atoms with Crippen molar-refractivity contribution in [3.63, 3.8) is 0 Å². The quantitative estimate of drug-likeness (QED) is 0.714. The Hall–Kier alpha value is -2.46. The van der Waals surface area contributed by atoms with E-state index in [1.165, 1.54) is 11.3 Å². The lowest BCUT2D eigenvalue weighted by molar-refractivity contribution is 0.0725. The smallest absolute Gasteiger partial charge is 0.273 e. The molecule has 0 radical (unpaired) electrons. The summed E-state index contributed by atoms with van der Waals surface area (Å²) in [6.45, 7) is 1.15. The monoisotopic (exact) mass is 308 g/mol. The molecular weight excluding hydrogens is 292 g/mol. The van der Waals surface area contributed by atoms with Crippen LogP contribution in [0.2, 0.25) is 0 Å². The molecule has 0 atom stereocenters. The summed E-state index contributed by atoms with van der Waals surface area (Å²) in [6, 6.07) is 20.1. The molecule has 0 aliphatic rings. The van der Waals surface area contributed by atoms with Crippen LogP contribution in [-0.2, 0) is 13.1 Å². The molecule has 0 aliphatic carbocycles. The molecule has 0 aliphatic heterocycles. The Kier molecular flexibility index (Phi) is 4.61. The second-order valence-corrected chi connectivity index (χ2v) is 5.72. The van der Waals surface area contributed by atoms with Crippen LogP contribution in [0, 0.1) is 0 Å². The number of hydrogen-bond donors (Lipinski definition) is 0. The zero-order chi connectivity index (χ0) is 15.2. The number of amides is 1. The second-order valence-electron chi connectivity index (χ2n) is 5.01. The van der Waals surface area contributed by atoms with Crippen molar-refractivity contribution in [2.45, 2.75) is 13.1 Å². The van der Waals surface area contributed by atoms with Crippen LogP contribution in [0.5, 0.6) is 0 Å². The van der Waals surface area contributed by atoms with Crippen LogP contribution in [0.3, 0.4) is 0 Å². The van der Waals surface area contributed by atoms with Gasteiger partial charge < -0.3 is 4.90 Å². The number of rotatable bonds is 5. The number of thiazole rings is 1. The molecule has 1 amide bonds. The maximum atomic E-state index is 12.7. The Morgan fingerprint density at radius 1 is 0.909 bits per heavy atom. The number of aromatic nitrogens is 1. The van der Waals surface area contributed by atoms with Crippen molar-refractivity contribution < 1.29 is 4.79 Å². The number of benzene rings is 2. The lowest BCUT2D eigenvalue weighted by atomic mass is 10.1. The highest BCUT2D eigenvalue weighted by Crippen LogP contribution is 2.14. The summed E-state index contributed by atoms with van der Waals surface area (Å²) < 4.78 is 0. The van der Waals surface area contributed by atoms with Crippen molar-refractivity contribution in [2.75, 3.05) is 0 Å². The highest BCUT2D eigenvalue weighted by atomic mass is 32.1. The largest absolute Gasteiger partial charge is 0.329 e. The van der Waals surface area contributed by atoms with Gasteiger partial charge in [0.25, 0.3) is 5.91 Å².